The lowest BCUT2D eigenvalue weighted by Crippen LogP contribution is -2.32. The van der Waals surface area contributed by atoms with Gasteiger partial charge in [0.1, 0.15) is 12.4 Å². The molecule has 3 aromatic rings. The molecule has 1 saturated heterocycles. The highest BCUT2D eigenvalue weighted by Crippen LogP contribution is 2.53. The normalized spacial score (nSPS) is 26.0. The molecule has 31 heavy (non-hydrogen) atoms. The van der Waals surface area contributed by atoms with E-state index in [0.29, 0.717) is 5.13 Å². The molecule has 0 N–H and O–H groups in total. The van der Waals surface area contributed by atoms with Gasteiger partial charge < -0.3 is 4.74 Å². The van der Waals surface area contributed by atoms with Gasteiger partial charge in [-0.25, -0.2) is 9.88 Å². The zero-order valence-corrected chi connectivity index (χ0v) is 17.3. The molecule has 1 aliphatic heterocycles. The van der Waals surface area contributed by atoms with Crippen LogP contribution in [0.4, 0.5) is 5.13 Å². The molecule has 2 bridgehead atoms. The van der Waals surface area contributed by atoms with Gasteiger partial charge in [0.2, 0.25) is 11.8 Å². The van der Waals surface area contributed by atoms with E-state index >= 15 is 0 Å². The Bertz CT molecular complexity index is 1270. The van der Waals surface area contributed by atoms with Gasteiger partial charge in [0, 0.05) is 0 Å². The summed E-state index contributed by atoms with van der Waals surface area (Å²) in [4.78, 5) is 32.1. The Morgan fingerprint density at radius 2 is 1.71 bits per heavy atom. The van der Waals surface area contributed by atoms with Gasteiger partial charge in [-0.3, -0.25) is 9.59 Å². The Morgan fingerprint density at radius 3 is 2.39 bits per heavy atom. The molecule has 1 saturated carbocycles. The minimum atomic E-state index is -0.208. The summed E-state index contributed by atoms with van der Waals surface area (Å²) in [7, 11) is 0. The maximum absolute atomic E-state index is 13.1. The predicted octanol–water partition coefficient (Wildman–Crippen LogP) is 4.29. The number of amides is 2. The minimum absolute atomic E-state index is 0.0892. The molecular formula is C25H18N2O3S. The lowest BCUT2D eigenvalue weighted by molar-refractivity contribution is -0.123. The van der Waals surface area contributed by atoms with Crippen LogP contribution in [0.2, 0.25) is 0 Å². The third-order valence-corrected chi connectivity index (χ3v) is 7.55. The lowest BCUT2D eigenvalue weighted by Gasteiger charge is -2.14. The number of carbonyl (C=O) groups excluding carboxylic acids is 2. The van der Waals surface area contributed by atoms with Crippen LogP contribution < -0.4 is 9.64 Å². The van der Waals surface area contributed by atoms with Crippen LogP contribution in [0.1, 0.15) is 6.42 Å². The number of aromatic nitrogens is 1. The number of hydrogen-bond donors (Lipinski definition) is 0. The van der Waals surface area contributed by atoms with Crippen molar-refractivity contribution in [2.75, 3.05) is 11.5 Å². The number of thiazole rings is 1. The topological polar surface area (TPSA) is 59.5 Å². The number of benzene rings is 2. The molecule has 2 fully saturated rings. The highest BCUT2D eigenvalue weighted by Gasteiger charge is 2.60. The molecule has 2 aromatic carbocycles. The van der Waals surface area contributed by atoms with Crippen LogP contribution in [-0.2, 0) is 9.59 Å². The summed E-state index contributed by atoms with van der Waals surface area (Å²) in [5.41, 5.74) is 2.86. The number of carbonyl (C=O) groups is 2. The minimum Gasteiger partial charge on any atom is -0.481 e. The number of rotatable bonds is 4. The van der Waals surface area contributed by atoms with E-state index in [2.05, 4.69) is 23.1 Å². The molecule has 0 radical (unpaired) electrons. The highest BCUT2D eigenvalue weighted by molar-refractivity contribution is 7.22. The Balaban J connectivity index is 1.30. The van der Waals surface area contributed by atoms with E-state index in [0.717, 1.165) is 33.5 Å². The van der Waals surface area contributed by atoms with Crippen molar-refractivity contribution in [3.8, 4) is 29.2 Å². The second-order valence-corrected chi connectivity index (χ2v) is 9.22. The fourth-order valence-corrected chi connectivity index (χ4v) is 6.16. The molecule has 2 amide bonds. The van der Waals surface area contributed by atoms with Crippen molar-refractivity contribution in [3.05, 3.63) is 54.6 Å². The van der Waals surface area contributed by atoms with Crippen LogP contribution in [0, 0.1) is 36.0 Å². The van der Waals surface area contributed by atoms with Crippen molar-refractivity contribution in [2.24, 2.45) is 23.7 Å². The van der Waals surface area contributed by atoms with Crippen LogP contribution in [-0.4, -0.2) is 23.4 Å². The molecule has 2 heterocycles. The zero-order chi connectivity index (χ0) is 21.1. The monoisotopic (exact) mass is 426 g/mol. The van der Waals surface area contributed by atoms with Gasteiger partial charge in [-0.2, -0.15) is 0 Å². The van der Waals surface area contributed by atoms with E-state index in [-0.39, 0.29) is 42.1 Å². The maximum atomic E-state index is 13.1. The van der Waals surface area contributed by atoms with Crippen LogP contribution in [0.3, 0.4) is 0 Å². The van der Waals surface area contributed by atoms with Crippen LogP contribution in [0.25, 0.3) is 21.3 Å². The quantitative estimate of drug-likeness (QED) is 0.355. The Kier molecular flexibility index (Phi) is 4.02. The zero-order valence-electron chi connectivity index (χ0n) is 16.5. The predicted molar refractivity (Wildman–Crippen MR) is 120 cm³/mol. The summed E-state index contributed by atoms with van der Waals surface area (Å²) in [5.74, 6) is 2.98. The number of ether oxygens (including phenoxy) is 1. The summed E-state index contributed by atoms with van der Waals surface area (Å²) in [6.45, 7) is 0.238. The van der Waals surface area contributed by atoms with Gasteiger partial charge in [0.15, 0.2) is 5.13 Å². The summed E-state index contributed by atoms with van der Waals surface area (Å²) >= 11 is 1.39. The first-order valence-corrected chi connectivity index (χ1v) is 11.1. The fraction of sp³-hybridized carbons (Fsp3) is 0.240. The summed E-state index contributed by atoms with van der Waals surface area (Å²) < 4.78 is 6.37. The third kappa shape index (κ3) is 2.74. The maximum Gasteiger partial charge on any atom is 0.240 e. The van der Waals surface area contributed by atoms with E-state index in [9.17, 15) is 9.59 Å². The van der Waals surface area contributed by atoms with E-state index in [1.807, 2.05) is 42.5 Å². The van der Waals surface area contributed by atoms with E-state index in [4.69, 9.17) is 11.2 Å². The molecule has 0 spiro atoms. The number of hydrogen-bond acceptors (Lipinski definition) is 5. The van der Waals surface area contributed by atoms with E-state index in [1.165, 1.54) is 16.2 Å². The van der Waals surface area contributed by atoms with Crippen molar-refractivity contribution < 1.29 is 14.3 Å². The lowest BCUT2D eigenvalue weighted by atomic mass is 9.85. The molecule has 3 aliphatic rings. The molecule has 152 valence electrons. The van der Waals surface area contributed by atoms with Crippen molar-refractivity contribution in [1.82, 2.24) is 4.98 Å². The van der Waals surface area contributed by atoms with Crippen molar-refractivity contribution in [3.63, 3.8) is 0 Å². The summed E-state index contributed by atoms with van der Waals surface area (Å²) in [6.07, 6.45) is 10.4. The Labute approximate surface area is 183 Å². The SMILES string of the molecule is C#CCOc1ccc(-c2ccc3nc(N4C(=O)[C@@H]5[C@H](C4=O)[C@@H]4C=C[C@H]5C4)sc3c2)cc1. The molecule has 0 unspecified atom stereocenters. The number of imide groups is 1. The number of nitrogens with zero attached hydrogens (tertiary/aromatic N) is 2. The van der Waals surface area contributed by atoms with Crippen LogP contribution in [0.15, 0.2) is 54.6 Å². The van der Waals surface area contributed by atoms with Gasteiger partial charge in [0.25, 0.3) is 0 Å². The molecule has 4 atom stereocenters. The third-order valence-electron chi connectivity index (χ3n) is 6.55. The number of fused-ring (bicyclic) bond motifs is 6. The van der Waals surface area contributed by atoms with E-state index in [1.54, 1.807) is 0 Å². The molecule has 1 aromatic heterocycles. The van der Waals surface area contributed by atoms with Gasteiger partial charge >= 0.3 is 0 Å². The number of allylic oxidation sites excluding steroid dienone is 2. The smallest absolute Gasteiger partial charge is 0.240 e. The molecule has 5 nitrogen and oxygen atoms in total. The van der Waals surface area contributed by atoms with Crippen molar-refractivity contribution in [2.45, 2.75) is 6.42 Å². The first-order chi connectivity index (χ1) is 15.1. The molecule has 2 aliphatic carbocycles. The standard InChI is InChI=1S/C25H18N2O3S/c1-2-11-30-18-8-5-14(6-9-18)15-7-10-19-20(13-15)31-25(26-19)27-23(28)21-16-3-4-17(12-16)22(21)24(27)29/h1,3-10,13,16-17,21-22H,11-12H2/t16-,17+,21-,22+. The summed E-state index contributed by atoms with van der Waals surface area (Å²) in [6, 6.07) is 13.7. The average molecular weight is 426 g/mol. The molecular weight excluding hydrogens is 408 g/mol. The van der Waals surface area contributed by atoms with Gasteiger partial charge in [-0.15, -0.1) is 6.42 Å². The Morgan fingerprint density at radius 1 is 1.03 bits per heavy atom. The first-order valence-electron chi connectivity index (χ1n) is 10.3. The average Bonchev–Trinajstić information content (AvgIpc) is 3.55. The largest absolute Gasteiger partial charge is 0.481 e. The van der Waals surface area contributed by atoms with Gasteiger partial charge in [-0.05, 0) is 53.6 Å². The first kappa shape index (κ1) is 18.3. The Hall–Kier alpha value is -3.43. The molecule has 6 rings (SSSR count). The highest BCUT2D eigenvalue weighted by atomic mass is 32.1. The van der Waals surface area contributed by atoms with Crippen LogP contribution in [0.5, 0.6) is 5.75 Å². The van der Waals surface area contributed by atoms with Gasteiger partial charge in [0.05, 0.1) is 22.1 Å². The number of anilines is 1. The van der Waals surface area contributed by atoms with Gasteiger partial charge in [-0.1, -0.05) is 47.6 Å². The van der Waals surface area contributed by atoms with Crippen LogP contribution >= 0.6 is 11.3 Å². The molecule has 6 heteroatoms. The number of terminal acetylenes is 1. The second-order valence-electron chi connectivity index (χ2n) is 8.21. The van der Waals surface area contributed by atoms with Crippen molar-refractivity contribution >= 4 is 38.5 Å². The van der Waals surface area contributed by atoms with E-state index < -0.39 is 0 Å². The fourth-order valence-electron chi connectivity index (χ4n) is 5.15. The summed E-state index contributed by atoms with van der Waals surface area (Å²) in [5, 5.41) is 0.481. The second kappa shape index (κ2) is 6.79. The van der Waals surface area contributed by atoms with Crippen molar-refractivity contribution in [1.29, 1.82) is 0 Å².